The molecule has 7 nitrogen and oxygen atoms in total. The van der Waals surface area contributed by atoms with Crippen LogP contribution in [0.15, 0.2) is 43.0 Å². The number of amides is 1. The Morgan fingerprint density at radius 1 is 1.32 bits per heavy atom. The third-order valence-corrected chi connectivity index (χ3v) is 4.77. The summed E-state index contributed by atoms with van der Waals surface area (Å²) in [4.78, 5) is 26.5. The van der Waals surface area contributed by atoms with E-state index in [1.807, 2.05) is 23.1 Å². The largest absolute Gasteiger partial charge is 0.370 e. The molecule has 2 fully saturated rings. The van der Waals surface area contributed by atoms with Crippen LogP contribution in [0.1, 0.15) is 29.0 Å². The van der Waals surface area contributed by atoms with Gasteiger partial charge >= 0.3 is 0 Å². The molecule has 0 N–H and O–H groups in total. The minimum absolute atomic E-state index is 0.0381. The maximum absolute atomic E-state index is 12.5. The maximum Gasteiger partial charge on any atom is 0.272 e. The van der Waals surface area contributed by atoms with Crippen molar-refractivity contribution in [3.05, 3.63) is 54.4 Å². The van der Waals surface area contributed by atoms with Crippen molar-refractivity contribution in [3.63, 3.8) is 0 Å². The number of carbonyl (C=O) groups excluding carboxylic acids is 1. The van der Waals surface area contributed by atoms with Crippen molar-refractivity contribution in [1.29, 1.82) is 0 Å². The highest BCUT2D eigenvalue weighted by Crippen LogP contribution is 2.36. The molecular formula is C18H20N4O3. The normalized spacial score (nSPS) is 25.6. The van der Waals surface area contributed by atoms with Crippen LogP contribution in [0.4, 0.5) is 0 Å². The molecule has 7 heteroatoms. The molecule has 2 saturated heterocycles. The van der Waals surface area contributed by atoms with E-state index < -0.39 is 0 Å². The summed E-state index contributed by atoms with van der Waals surface area (Å²) in [7, 11) is 0. The highest BCUT2D eigenvalue weighted by Gasteiger charge is 2.47. The van der Waals surface area contributed by atoms with Crippen LogP contribution in [0.25, 0.3) is 0 Å². The number of ether oxygens (including phenoxy) is 2. The molecule has 2 atom stereocenters. The van der Waals surface area contributed by atoms with E-state index in [0.29, 0.717) is 32.0 Å². The zero-order chi connectivity index (χ0) is 17.1. The number of hydrogen-bond donors (Lipinski definition) is 0. The molecule has 2 aliphatic rings. The fraction of sp³-hybridized carbons (Fsp3) is 0.444. The summed E-state index contributed by atoms with van der Waals surface area (Å²) in [6.07, 6.45) is 6.40. The molecule has 4 heterocycles. The molecule has 0 bridgehead atoms. The molecule has 2 aliphatic heterocycles. The molecule has 130 valence electrons. The van der Waals surface area contributed by atoms with Gasteiger partial charge in [-0.1, -0.05) is 6.07 Å². The van der Waals surface area contributed by atoms with Gasteiger partial charge in [-0.25, -0.2) is 9.97 Å². The summed E-state index contributed by atoms with van der Waals surface area (Å²) in [5.41, 5.74) is 1.04. The van der Waals surface area contributed by atoms with Gasteiger partial charge in [-0.05, 0) is 24.6 Å². The van der Waals surface area contributed by atoms with Crippen molar-refractivity contribution >= 4 is 5.91 Å². The number of nitrogens with zero attached hydrogens (tertiary/aromatic N) is 4. The van der Waals surface area contributed by atoms with E-state index in [2.05, 4.69) is 15.0 Å². The lowest BCUT2D eigenvalue weighted by Crippen LogP contribution is -2.36. The lowest BCUT2D eigenvalue weighted by Gasteiger charge is -2.23. The summed E-state index contributed by atoms with van der Waals surface area (Å²) >= 11 is 0. The Hall–Kier alpha value is -2.38. The smallest absolute Gasteiger partial charge is 0.272 e. The Bertz CT molecular complexity index is 728. The highest BCUT2D eigenvalue weighted by molar-refractivity contribution is 5.92. The number of hydrogen-bond acceptors (Lipinski definition) is 6. The number of rotatable bonds is 4. The first-order valence-electron chi connectivity index (χ1n) is 8.45. The maximum atomic E-state index is 12.5. The topological polar surface area (TPSA) is 77.4 Å². The van der Waals surface area contributed by atoms with E-state index in [1.54, 1.807) is 18.5 Å². The van der Waals surface area contributed by atoms with Crippen LogP contribution in [0.3, 0.4) is 0 Å². The molecule has 1 spiro atoms. The van der Waals surface area contributed by atoms with Gasteiger partial charge in [0, 0.05) is 25.4 Å². The van der Waals surface area contributed by atoms with Crippen LogP contribution < -0.4 is 0 Å². The van der Waals surface area contributed by atoms with E-state index in [1.165, 1.54) is 6.33 Å². The number of likely N-dealkylation sites (tertiary alicyclic amines) is 1. The molecule has 1 amide bonds. The standard InChI is InChI=1S/C18H20N4O3/c23-17(16-4-7-19-13-21-16)22-8-5-18(12-22)9-15(11-25-18)24-10-14-3-1-2-6-20-14/h1-4,6-7,13,15H,5,8-12H2/t15-,18+/m1/s1. The van der Waals surface area contributed by atoms with Crippen molar-refractivity contribution in [2.75, 3.05) is 19.7 Å². The van der Waals surface area contributed by atoms with Gasteiger partial charge in [0.25, 0.3) is 5.91 Å². The Morgan fingerprint density at radius 3 is 3.08 bits per heavy atom. The predicted octanol–water partition coefficient (Wildman–Crippen LogP) is 1.46. The highest BCUT2D eigenvalue weighted by atomic mass is 16.6. The first-order valence-corrected chi connectivity index (χ1v) is 8.45. The first-order chi connectivity index (χ1) is 12.2. The van der Waals surface area contributed by atoms with Gasteiger partial charge in [-0.2, -0.15) is 0 Å². The van der Waals surface area contributed by atoms with E-state index in [9.17, 15) is 4.79 Å². The Morgan fingerprint density at radius 2 is 2.28 bits per heavy atom. The summed E-state index contributed by atoms with van der Waals surface area (Å²) in [5.74, 6) is -0.0688. The number of aromatic nitrogens is 3. The second-order valence-electron chi connectivity index (χ2n) is 6.52. The monoisotopic (exact) mass is 340 g/mol. The van der Waals surface area contributed by atoms with Gasteiger partial charge in [0.1, 0.15) is 12.0 Å². The van der Waals surface area contributed by atoms with Gasteiger partial charge in [0.2, 0.25) is 0 Å². The van der Waals surface area contributed by atoms with E-state index in [-0.39, 0.29) is 17.6 Å². The molecular weight excluding hydrogens is 320 g/mol. The SMILES string of the molecule is O=C(c1ccncn1)N1CC[C@]2(C[C@@H](OCc3ccccn3)CO2)C1. The van der Waals surface area contributed by atoms with Gasteiger partial charge in [0.15, 0.2) is 0 Å². The number of carbonyl (C=O) groups is 1. The predicted molar refractivity (Wildman–Crippen MR) is 88.7 cm³/mol. The molecule has 0 aliphatic carbocycles. The molecule has 25 heavy (non-hydrogen) atoms. The Labute approximate surface area is 146 Å². The van der Waals surface area contributed by atoms with Crippen molar-refractivity contribution in [1.82, 2.24) is 19.9 Å². The van der Waals surface area contributed by atoms with Crippen molar-refractivity contribution < 1.29 is 14.3 Å². The zero-order valence-electron chi connectivity index (χ0n) is 13.9. The van der Waals surface area contributed by atoms with Crippen LogP contribution in [0.5, 0.6) is 0 Å². The fourth-order valence-corrected chi connectivity index (χ4v) is 3.48. The van der Waals surface area contributed by atoms with Crippen LogP contribution in [-0.4, -0.2) is 57.2 Å². The van der Waals surface area contributed by atoms with Crippen LogP contribution >= 0.6 is 0 Å². The third-order valence-electron chi connectivity index (χ3n) is 4.77. The van der Waals surface area contributed by atoms with Crippen LogP contribution in [-0.2, 0) is 16.1 Å². The molecule has 0 unspecified atom stereocenters. The van der Waals surface area contributed by atoms with Crippen molar-refractivity contribution in [3.8, 4) is 0 Å². The molecule has 0 saturated carbocycles. The lowest BCUT2D eigenvalue weighted by atomic mass is 9.98. The molecule has 2 aromatic rings. The fourth-order valence-electron chi connectivity index (χ4n) is 3.48. The third kappa shape index (κ3) is 3.52. The van der Waals surface area contributed by atoms with Gasteiger partial charge < -0.3 is 14.4 Å². The quantitative estimate of drug-likeness (QED) is 0.839. The average molecular weight is 340 g/mol. The molecule has 0 radical (unpaired) electrons. The second-order valence-corrected chi connectivity index (χ2v) is 6.52. The van der Waals surface area contributed by atoms with Gasteiger partial charge in [0.05, 0.1) is 37.2 Å². The van der Waals surface area contributed by atoms with Crippen molar-refractivity contribution in [2.24, 2.45) is 0 Å². The van der Waals surface area contributed by atoms with E-state index in [4.69, 9.17) is 9.47 Å². The summed E-state index contributed by atoms with van der Waals surface area (Å²) in [6, 6.07) is 7.43. The van der Waals surface area contributed by atoms with Crippen LogP contribution in [0, 0.1) is 0 Å². The minimum atomic E-state index is -0.294. The minimum Gasteiger partial charge on any atom is -0.370 e. The second kappa shape index (κ2) is 6.85. The molecule has 2 aromatic heterocycles. The Balaban J connectivity index is 1.33. The lowest BCUT2D eigenvalue weighted by molar-refractivity contribution is -0.000134. The molecule has 0 aromatic carbocycles. The van der Waals surface area contributed by atoms with Crippen molar-refractivity contribution in [2.45, 2.75) is 31.2 Å². The summed E-state index contributed by atoms with van der Waals surface area (Å²) in [6.45, 7) is 2.30. The summed E-state index contributed by atoms with van der Waals surface area (Å²) in [5, 5.41) is 0. The zero-order valence-corrected chi connectivity index (χ0v) is 13.9. The molecule has 4 rings (SSSR count). The van der Waals surface area contributed by atoms with Gasteiger partial charge in [-0.3, -0.25) is 9.78 Å². The summed E-state index contributed by atoms with van der Waals surface area (Å²) < 4.78 is 12.0. The van der Waals surface area contributed by atoms with E-state index >= 15 is 0 Å². The van der Waals surface area contributed by atoms with Crippen LogP contribution in [0.2, 0.25) is 0 Å². The average Bonchev–Trinajstić information content (AvgIpc) is 3.28. The Kier molecular flexibility index (Phi) is 4.42. The number of pyridine rings is 1. The first kappa shape index (κ1) is 16.1. The van der Waals surface area contributed by atoms with Gasteiger partial charge in [-0.15, -0.1) is 0 Å². The van der Waals surface area contributed by atoms with E-state index in [0.717, 1.165) is 18.5 Å².